The SMILES string of the molecule is C=CCCOCCN=C(N)Nc1ccc(CC)cc1.I. The molecule has 1 aromatic rings. The van der Waals surface area contributed by atoms with Crippen molar-refractivity contribution in [3.05, 3.63) is 42.5 Å². The molecule has 0 fully saturated rings. The number of hydrogen-bond acceptors (Lipinski definition) is 2. The summed E-state index contributed by atoms with van der Waals surface area (Å²) in [5.74, 6) is 0.413. The van der Waals surface area contributed by atoms with Crippen LogP contribution in [0.1, 0.15) is 18.9 Å². The van der Waals surface area contributed by atoms with Gasteiger partial charge in [-0.05, 0) is 30.5 Å². The smallest absolute Gasteiger partial charge is 0.193 e. The van der Waals surface area contributed by atoms with Crippen LogP contribution in [0, 0.1) is 0 Å². The van der Waals surface area contributed by atoms with E-state index in [4.69, 9.17) is 10.5 Å². The van der Waals surface area contributed by atoms with Crippen LogP contribution >= 0.6 is 24.0 Å². The summed E-state index contributed by atoms with van der Waals surface area (Å²) in [4.78, 5) is 4.19. The first-order chi connectivity index (χ1) is 9.26. The minimum Gasteiger partial charge on any atom is -0.379 e. The lowest BCUT2D eigenvalue weighted by Gasteiger charge is -2.06. The summed E-state index contributed by atoms with van der Waals surface area (Å²) in [6.07, 6.45) is 3.73. The van der Waals surface area contributed by atoms with E-state index in [2.05, 4.69) is 35.9 Å². The maximum atomic E-state index is 5.78. The highest BCUT2D eigenvalue weighted by Crippen LogP contribution is 2.09. The Morgan fingerprint density at radius 1 is 1.35 bits per heavy atom. The summed E-state index contributed by atoms with van der Waals surface area (Å²) < 4.78 is 5.34. The molecule has 112 valence electrons. The topological polar surface area (TPSA) is 59.6 Å². The molecular weight excluding hydrogens is 365 g/mol. The number of guanidine groups is 1. The predicted octanol–water partition coefficient (Wildman–Crippen LogP) is 3.19. The molecule has 1 aromatic carbocycles. The molecule has 3 N–H and O–H groups in total. The number of nitrogens with one attached hydrogen (secondary N) is 1. The molecule has 0 radical (unpaired) electrons. The van der Waals surface area contributed by atoms with Crippen molar-refractivity contribution in [2.75, 3.05) is 25.1 Å². The molecule has 0 aliphatic heterocycles. The lowest BCUT2D eigenvalue weighted by atomic mass is 10.1. The molecule has 0 aliphatic carbocycles. The van der Waals surface area contributed by atoms with Gasteiger partial charge in [0.25, 0.3) is 0 Å². The summed E-state index contributed by atoms with van der Waals surface area (Å²) in [6, 6.07) is 8.16. The number of hydrogen-bond donors (Lipinski definition) is 2. The summed E-state index contributed by atoms with van der Waals surface area (Å²) in [5, 5.41) is 3.05. The third-order valence-corrected chi connectivity index (χ3v) is 2.62. The van der Waals surface area contributed by atoms with Gasteiger partial charge in [0, 0.05) is 5.69 Å². The van der Waals surface area contributed by atoms with Crippen LogP contribution in [0.25, 0.3) is 0 Å². The minimum atomic E-state index is 0. The number of nitrogens with zero attached hydrogens (tertiary/aromatic N) is 1. The number of rotatable bonds is 8. The van der Waals surface area contributed by atoms with Gasteiger partial charge in [-0.3, -0.25) is 4.99 Å². The summed E-state index contributed by atoms with van der Waals surface area (Å²) >= 11 is 0. The summed E-state index contributed by atoms with van der Waals surface area (Å²) in [7, 11) is 0. The monoisotopic (exact) mass is 389 g/mol. The van der Waals surface area contributed by atoms with Crippen molar-refractivity contribution in [3.8, 4) is 0 Å². The number of aliphatic imine (C=N–C) groups is 1. The van der Waals surface area contributed by atoms with Crippen LogP contribution in [0.3, 0.4) is 0 Å². The Morgan fingerprint density at radius 2 is 2.05 bits per heavy atom. The molecule has 0 saturated carbocycles. The molecule has 0 saturated heterocycles. The average Bonchev–Trinajstić information content (AvgIpc) is 2.43. The molecule has 0 atom stereocenters. The van der Waals surface area contributed by atoms with Crippen molar-refractivity contribution in [1.82, 2.24) is 0 Å². The van der Waals surface area contributed by atoms with E-state index in [1.807, 2.05) is 18.2 Å². The van der Waals surface area contributed by atoms with E-state index in [1.165, 1.54) is 5.56 Å². The van der Waals surface area contributed by atoms with Crippen molar-refractivity contribution in [3.63, 3.8) is 0 Å². The Balaban J connectivity index is 0.00000361. The van der Waals surface area contributed by atoms with E-state index in [1.54, 1.807) is 0 Å². The zero-order valence-corrected chi connectivity index (χ0v) is 14.3. The molecule has 0 heterocycles. The molecule has 0 bridgehead atoms. The second kappa shape index (κ2) is 11.7. The molecule has 1 rings (SSSR count). The Labute approximate surface area is 138 Å². The van der Waals surface area contributed by atoms with Gasteiger partial charge in [0.2, 0.25) is 0 Å². The van der Waals surface area contributed by atoms with E-state index in [-0.39, 0.29) is 24.0 Å². The quantitative estimate of drug-likeness (QED) is 0.236. The van der Waals surface area contributed by atoms with Gasteiger partial charge in [-0.2, -0.15) is 0 Å². The van der Waals surface area contributed by atoms with Gasteiger partial charge in [0.1, 0.15) is 0 Å². The zero-order valence-electron chi connectivity index (χ0n) is 12.0. The van der Waals surface area contributed by atoms with Gasteiger partial charge in [-0.1, -0.05) is 25.1 Å². The van der Waals surface area contributed by atoms with Crippen molar-refractivity contribution in [2.24, 2.45) is 10.7 Å². The number of aryl methyl sites for hydroxylation is 1. The fourth-order valence-corrected chi connectivity index (χ4v) is 1.51. The lowest BCUT2D eigenvalue weighted by molar-refractivity contribution is 0.146. The van der Waals surface area contributed by atoms with Crippen molar-refractivity contribution in [2.45, 2.75) is 19.8 Å². The Bertz CT molecular complexity index is 404. The van der Waals surface area contributed by atoms with Crippen molar-refractivity contribution in [1.29, 1.82) is 0 Å². The van der Waals surface area contributed by atoms with E-state index in [0.29, 0.717) is 25.7 Å². The number of anilines is 1. The fourth-order valence-electron chi connectivity index (χ4n) is 1.51. The van der Waals surface area contributed by atoms with Gasteiger partial charge in [-0.15, -0.1) is 30.6 Å². The lowest BCUT2D eigenvalue weighted by Crippen LogP contribution is -2.23. The third kappa shape index (κ3) is 8.16. The highest BCUT2D eigenvalue weighted by molar-refractivity contribution is 14.0. The number of halogens is 1. The van der Waals surface area contributed by atoms with Crippen LogP contribution in [0.4, 0.5) is 5.69 Å². The first-order valence-electron chi connectivity index (χ1n) is 6.60. The van der Waals surface area contributed by atoms with Crippen molar-refractivity contribution >= 4 is 35.6 Å². The van der Waals surface area contributed by atoms with E-state index < -0.39 is 0 Å². The van der Waals surface area contributed by atoms with Crippen LogP contribution in [-0.2, 0) is 11.2 Å². The first-order valence-corrected chi connectivity index (χ1v) is 6.60. The van der Waals surface area contributed by atoms with E-state index >= 15 is 0 Å². The minimum absolute atomic E-state index is 0. The van der Waals surface area contributed by atoms with Gasteiger partial charge in [0.15, 0.2) is 5.96 Å². The number of nitrogens with two attached hydrogens (primary N) is 1. The zero-order chi connectivity index (χ0) is 13.9. The van der Waals surface area contributed by atoms with Crippen LogP contribution in [0.15, 0.2) is 41.9 Å². The number of ether oxygens (including phenoxy) is 1. The highest BCUT2D eigenvalue weighted by atomic mass is 127. The second-order valence-corrected chi connectivity index (χ2v) is 4.13. The highest BCUT2D eigenvalue weighted by Gasteiger charge is 1.95. The summed E-state index contributed by atoms with van der Waals surface area (Å²) in [6.45, 7) is 7.58. The normalized spacial score (nSPS) is 10.8. The van der Waals surface area contributed by atoms with Gasteiger partial charge >= 0.3 is 0 Å². The molecule has 0 unspecified atom stereocenters. The fraction of sp³-hybridized carbons (Fsp3) is 0.400. The maximum Gasteiger partial charge on any atom is 0.193 e. The van der Waals surface area contributed by atoms with Gasteiger partial charge in [0.05, 0.1) is 19.8 Å². The van der Waals surface area contributed by atoms with Crippen molar-refractivity contribution < 1.29 is 4.74 Å². The molecule has 5 heteroatoms. The van der Waals surface area contributed by atoms with Crippen LogP contribution < -0.4 is 11.1 Å². The predicted molar refractivity (Wildman–Crippen MR) is 97.0 cm³/mol. The molecule has 20 heavy (non-hydrogen) atoms. The molecule has 4 nitrogen and oxygen atoms in total. The average molecular weight is 389 g/mol. The van der Waals surface area contributed by atoms with E-state index in [9.17, 15) is 0 Å². The molecule has 0 amide bonds. The largest absolute Gasteiger partial charge is 0.379 e. The van der Waals surface area contributed by atoms with Crippen LogP contribution in [0.2, 0.25) is 0 Å². The molecule has 0 aromatic heterocycles. The Hall–Kier alpha value is -1.08. The summed E-state index contributed by atoms with van der Waals surface area (Å²) in [5.41, 5.74) is 8.04. The number of benzene rings is 1. The standard InChI is InChI=1S/C15H23N3O.HI/c1-3-5-11-19-12-10-17-15(16)18-14-8-6-13(4-2)7-9-14;/h3,6-9H,1,4-5,10-12H2,2H3,(H3,16,17,18);1H. The van der Waals surface area contributed by atoms with Gasteiger partial charge < -0.3 is 15.8 Å². The second-order valence-electron chi connectivity index (χ2n) is 4.13. The Morgan fingerprint density at radius 3 is 2.65 bits per heavy atom. The third-order valence-electron chi connectivity index (χ3n) is 2.62. The van der Waals surface area contributed by atoms with Gasteiger partial charge in [-0.25, -0.2) is 0 Å². The van der Waals surface area contributed by atoms with E-state index in [0.717, 1.165) is 18.5 Å². The Kier molecular flexibility index (Phi) is 11.1. The molecular formula is C15H24IN3O. The molecule has 0 aliphatic rings. The first kappa shape index (κ1) is 18.9. The van der Waals surface area contributed by atoms with Crippen LogP contribution in [-0.4, -0.2) is 25.7 Å². The maximum absolute atomic E-state index is 5.78. The molecule has 0 spiro atoms. The van der Waals surface area contributed by atoms with Crippen LogP contribution in [0.5, 0.6) is 0 Å².